The molecule has 19 heavy (non-hydrogen) atoms. The quantitative estimate of drug-likeness (QED) is 0.664. The van der Waals surface area contributed by atoms with Crippen molar-refractivity contribution in [2.45, 2.75) is 13.5 Å². The predicted molar refractivity (Wildman–Crippen MR) is 68.5 cm³/mol. The van der Waals surface area contributed by atoms with Gasteiger partial charge in [0.1, 0.15) is 5.82 Å². The van der Waals surface area contributed by atoms with Gasteiger partial charge in [-0.05, 0) is 18.6 Å². The van der Waals surface area contributed by atoms with E-state index in [1.807, 2.05) is 13.1 Å². The minimum Gasteiger partial charge on any atom is -0.383 e. The van der Waals surface area contributed by atoms with Gasteiger partial charge < -0.3 is 5.32 Å². The number of aromatic nitrogens is 2. The molecule has 0 fully saturated rings. The number of hydrogen-bond donors (Lipinski definition) is 1. The molecule has 0 unspecified atom stereocenters. The number of rotatable bonds is 5. The smallest absolute Gasteiger partial charge is 0.274 e. The van der Waals surface area contributed by atoms with Crippen LogP contribution >= 0.6 is 0 Å². The van der Waals surface area contributed by atoms with Gasteiger partial charge in [-0.3, -0.25) is 14.8 Å². The van der Waals surface area contributed by atoms with E-state index in [-0.39, 0.29) is 5.69 Å². The molecule has 1 N–H and O–H groups in total. The largest absolute Gasteiger partial charge is 0.383 e. The van der Waals surface area contributed by atoms with Gasteiger partial charge in [0.2, 0.25) is 0 Å². The third-order valence-electron chi connectivity index (χ3n) is 2.53. The minimum absolute atomic E-state index is 0.266. The van der Waals surface area contributed by atoms with Crippen molar-refractivity contribution in [3.05, 3.63) is 52.1 Å². The topological polar surface area (TPSA) is 73.0 Å². The Balaban J connectivity index is 1.97. The van der Waals surface area contributed by atoms with Crippen LogP contribution in [0.15, 0.2) is 30.6 Å². The molecule has 0 aliphatic carbocycles. The summed E-state index contributed by atoms with van der Waals surface area (Å²) in [5, 5.41) is 17.6. The van der Waals surface area contributed by atoms with Crippen LogP contribution in [0.5, 0.6) is 0 Å². The summed E-state index contributed by atoms with van der Waals surface area (Å²) < 4.78 is 14.9. The van der Waals surface area contributed by atoms with Crippen LogP contribution in [0.25, 0.3) is 0 Å². The van der Waals surface area contributed by atoms with Gasteiger partial charge in [-0.1, -0.05) is 0 Å². The summed E-state index contributed by atoms with van der Waals surface area (Å²) in [5.74, 6) is -0.633. The van der Waals surface area contributed by atoms with Gasteiger partial charge in [0.25, 0.3) is 5.69 Å². The predicted octanol–water partition coefficient (Wildman–Crippen LogP) is 2.35. The number of aryl methyl sites for hydroxylation is 1. The molecule has 0 spiro atoms. The zero-order valence-electron chi connectivity index (χ0n) is 10.3. The number of benzene rings is 1. The van der Waals surface area contributed by atoms with Crippen LogP contribution in [0.3, 0.4) is 0 Å². The van der Waals surface area contributed by atoms with Crippen molar-refractivity contribution in [1.82, 2.24) is 9.78 Å². The first-order valence-corrected chi connectivity index (χ1v) is 5.72. The van der Waals surface area contributed by atoms with Gasteiger partial charge in [-0.2, -0.15) is 5.10 Å². The molecule has 100 valence electrons. The fourth-order valence-electron chi connectivity index (χ4n) is 1.69. The number of non-ortho nitro benzene ring substituents is 1. The SMILES string of the molecule is Cc1cnn(CCNc2cc(F)cc([N+](=O)[O-])c2)c1. The van der Waals surface area contributed by atoms with Crippen LogP contribution < -0.4 is 5.32 Å². The van der Waals surface area contributed by atoms with E-state index in [4.69, 9.17) is 0 Å². The average Bonchev–Trinajstić information content (AvgIpc) is 2.74. The summed E-state index contributed by atoms with van der Waals surface area (Å²) in [5.41, 5.74) is 1.18. The first-order chi connectivity index (χ1) is 9.04. The highest BCUT2D eigenvalue weighted by Crippen LogP contribution is 2.19. The fraction of sp³-hybridized carbons (Fsp3) is 0.250. The van der Waals surface area contributed by atoms with E-state index in [1.165, 1.54) is 12.1 Å². The van der Waals surface area contributed by atoms with E-state index in [9.17, 15) is 14.5 Å². The molecule has 0 atom stereocenters. The van der Waals surface area contributed by atoms with Gasteiger partial charge in [-0.25, -0.2) is 4.39 Å². The molecular formula is C12H13FN4O2. The lowest BCUT2D eigenvalue weighted by molar-refractivity contribution is -0.385. The second-order valence-corrected chi connectivity index (χ2v) is 4.16. The molecule has 0 radical (unpaired) electrons. The van der Waals surface area contributed by atoms with Crippen molar-refractivity contribution in [2.75, 3.05) is 11.9 Å². The van der Waals surface area contributed by atoms with Crippen LogP contribution in [0, 0.1) is 22.9 Å². The normalized spacial score (nSPS) is 10.4. The number of anilines is 1. The number of nitrogens with one attached hydrogen (secondary N) is 1. The molecule has 0 saturated heterocycles. The van der Waals surface area contributed by atoms with Crippen LogP contribution in [-0.4, -0.2) is 21.2 Å². The second kappa shape index (κ2) is 5.47. The molecular weight excluding hydrogens is 251 g/mol. The maximum Gasteiger partial charge on any atom is 0.274 e. The van der Waals surface area contributed by atoms with Crippen LogP contribution in [-0.2, 0) is 6.54 Å². The molecule has 0 bridgehead atoms. The standard InChI is InChI=1S/C12H13FN4O2/c1-9-7-15-16(8-9)3-2-14-11-4-10(13)5-12(6-11)17(18)19/h4-8,14H,2-3H2,1H3. The molecule has 2 aromatic rings. The van der Waals surface area contributed by atoms with Crippen LogP contribution in [0.1, 0.15) is 5.56 Å². The Hall–Kier alpha value is -2.44. The molecule has 0 aliphatic heterocycles. The molecule has 7 heteroatoms. The number of nitro benzene ring substituents is 1. The Bertz CT molecular complexity index is 597. The first-order valence-electron chi connectivity index (χ1n) is 5.72. The molecule has 0 saturated carbocycles. The summed E-state index contributed by atoms with van der Waals surface area (Å²) >= 11 is 0. The summed E-state index contributed by atoms with van der Waals surface area (Å²) in [6.07, 6.45) is 3.63. The van der Waals surface area contributed by atoms with E-state index in [0.29, 0.717) is 18.8 Å². The maximum absolute atomic E-state index is 13.2. The molecule has 1 aromatic heterocycles. The third-order valence-corrected chi connectivity index (χ3v) is 2.53. The highest BCUT2D eigenvalue weighted by molar-refractivity contribution is 5.51. The van der Waals surface area contributed by atoms with Crippen LogP contribution in [0.4, 0.5) is 15.8 Å². The van der Waals surface area contributed by atoms with Gasteiger partial charge in [0.05, 0.1) is 23.7 Å². The van der Waals surface area contributed by atoms with Gasteiger partial charge in [-0.15, -0.1) is 0 Å². The number of halogens is 1. The summed E-state index contributed by atoms with van der Waals surface area (Å²) in [7, 11) is 0. The maximum atomic E-state index is 13.2. The lowest BCUT2D eigenvalue weighted by atomic mass is 10.2. The lowest BCUT2D eigenvalue weighted by Crippen LogP contribution is -2.11. The minimum atomic E-state index is -0.633. The van der Waals surface area contributed by atoms with Gasteiger partial charge in [0, 0.05) is 24.5 Å². The number of nitro groups is 1. The monoisotopic (exact) mass is 264 g/mol. The van der Waals surface area contributed by atoms with E-state index >= 15 is 0 Å². The number of hydrogen-bond acceptors (Lipinski definition) is 4. The van der Waals surface area contributed by atoms with Crippen molar-refractivity contribution in [2.24, 2.45) is 0 Å². The molecule has 0 amide bonds. The Kier molecular flexibility index (Phi) is 3.74. The summed E-state index contributed by atoms with van der Waals surface area (Å²) in [6, 6.07) is 3.42. The highest BCUT2D eigenvalue weighted by Gasteiger charge is 2.09. The summed E-state index contributed by atoms with van der Waals surface area (Å²) in [6.45, 7) is 3.03. The van der Waals surface area contributed by atoms with E-state index in [0.717, 1.165) is 11.6 Å². The van der Waals surface area contributed by atoms with E-state index in [1.54, 1.807) is 10.9 Å². The zero-order valence-corrected chi connectivity index (χ0v) is 10.3. The van der Waals surface area contributed by atoms with Crippen molar-refractivity contribution in [3.63, 3.8) is 0 Å². The fourth-order valence-corrected chi connectivity index (χ4v) is 1.69. The summed E-state index contributed by atoms with van der Waals surface area (Å²) in [4.78, 5) is 9.98. The Morgan fingerprint density at radius 3 is 2.89 bits per heavy atom. The van der Waals surface area contributed by atoms with Crippen LogP contribution in [0.2, 0.25) is 0 Å². The Labute approximate surface area is 109 Å². The zero-order chi connectivity index (χ0) is 13.8. The first kappa shape index (κ1) is 13.0. The van der Waals surface area contributed by atoms with E-state index in [2.05, 4.69) is 10.4 Å². The van der Waals surface area contributed by atoms with Gasteiger partial charge >= 0.3 is 0 Å². The Morgan fingerprint density at radius 1 is 1.47 bits per heavy atom. The van der Waals surface area contributed by atoms with E-state index < -0.39 is 10.7 Å². The average molecular weight is 264 g/mol. The highest BCUT2D eigenvalue weighted by atomic mass is 19.1. The van der Waals surface area contributed by atoms with Crippen molar-refractivity contribution in [1.29, 1.82) is 0 Å². The number of nitrogens with zero attached hydrogens (tertiary/aromatic N) is 3. The lowest BCUT2D eigenvalue weighted by Gasteiger charge is -2.06. The third kappa shape index (κ3) is 3.51. The molecule has 6 nitrogen and oxygen atoms in total. The second-order valence-electron chi connectivity index (χ2n) is 4.16. The molecule has 1 aromatic carbocycles. The van der Waals surface area contributed by atoms with Gasteiger partial charge in [0.15, 0.2) is 0 Å². The van der Waals surface area contributed by atoms with Crippen molar-refractivity contribution >= 4 is 11.4 Å². The molecule has 2 rings (SSSR count). The van der Waals surface area contributed by atoms with Crippen molar-refractivity contribution < 1.29 is 9.31 Å². The Morgan fingerprint density at radius 2 is 2.26 bits per heavy atom. The molecule has 0 aliphatic rings. The van der Waals surface area contributed by atoms with Crippen molar-refractivity contribution in [3.8, 4) is 0 Å². The molecule has 1 heterocycles.